The maximum absolute atomic E-state index is 13.7. The second-order valence-corrected chi connectivity index (χ2v) is 10.6. The summed E-state index contributed by atoms with van der Waals surface area (Å²) in [5.41, 5.74) is 10.1. The topological polar surface area (TPSA) is 159 Å². The molecule has 1 aliphatic heterocycles. The summed E-state index contributed by atoms with van der Waals surface area (Å²) in [4.78, 5) is 41.1. The molecule has 0 bridgehead atoms. The Balaban J connectivity index is 1.64. The van der Waals surface area contributed by atoms with E-state index >= 15 is 0 Å². The van der Waals surface area contributed by atoms with Gasteiger partial charge in [-0.05, 0) is 62.5 Å². The predicted molar refractivity (Wildman–Crippen MR) is 159 cm³/mol. The van der Waals surface area contributed by atoms with Gasteiger partial charge in [-0.2, -0.15) is 0 Å². The van der Waals surface area contributed by atoms with Crippen LogP contribution in [-0.2, 0) is 11.2 Å². The van der Waals surface area contributed by atoms with Crippen LogP contribution in [-0.4, -0.2) is 50.6 Å². The molecule has 0 saturated carbocycles. The van der Waals surface area contributed by atoms with E-state index in [1.165, 1.54) is 23.6 Å². The highest BCUT2D eigenvalue weighted by molar-refractivity contribution is 7.10. The van der Waals surface area contributed by atoms with Crippen LogP contribution in [0.2, 0.25) is 0 Å². The summed E-state index contributed by atoms with van der Waals surface area (Å²) in [5.74, 6) is 0.439. The zero-order valence-electron chi connectivity index (χ0n) is 22.9. The summed E-state index contributed by atoms with van der Waals surface area (Å²) in [7, 11) is 1.52. The first kappa shape index (κ1) is 29.2. The number of hydrogen-bond donors (Lipinski definition) is 4. The Morgan fingerprint density at radius 2 is 2.20 bits per heavy atom. The van der Waals surface area contributed by atoms with Crippen molar-refractivity contribution in [2.24, 2.45) is 10.7 Å². The Morgan fingerprint density at radius 1 is 1.45 bits per heavy atom. The Hall–Kier alpha value is -3.74. The second-order valence-electron chi connectivity index (χ2n) is 9.53. The number of methoxy groups -OCH3 is 1. The number of aromatic hydroxyl groups is 1. The van der Waals surface area contributed by atoms with E-state index in [0.717, 1.165) is 35.5 Å². The number of anilines is 3. The molecule has 0 saturated heterocycles. The number of carbonyl (C=O) groups is 1. The molecule has 3 heterocycles. The van der Waals surface area contributed by atoms with Gasteiger partial charge in [0.05, 0.1) is 11.4 Å². The number of nitrogens with two attached hydrogens (primary N) is 1. The van der Waals surface area contributed by atoms with Gasteiger partial charge in [0.25, 0.3) is 11.5 Å². The summed E-state index contributed by atoms with van der Waals surface area (Å²) >= 11 is 7.00. The van der Waals surface area contributed by atoms with Gasteiger partial charge >= 0.3 is 0 Å². The molecule has 11 nitrogen and oxygen atoms in total. The van der Waals surface area contributed by atoms with Gasteiger partial charge in [-0.3, -0.25) is 23.9 Å². The number of hydrogen-bond acceptors (Lipinski definition) is 9. The Labute approximate surface area is 240 Å². The van der Waals surface area contributed by atoms with E-state index in [0.29, 0.717) is 28.8 Å². The van der Waals surface area contributed by atoms with E-state index in [1.54, 1.807) is 19.1 Å². The number of ether oxygens (including phenoxy) is 1. The van der Waals surface area contributed by atoms with Crippen molar-refractivity contribution in [1.82, 2.24) is 14.3 Å². The van der Waals surface area contributed by atoms with Crippen molar-refractivity contribution < 1.29 is 14.6 Å². The molecule has 0 radical (unpaired) electrons. The first-order valence-corrected chi connectivity index (χ1v) is 14.0. The van der Waals surface area contributed by atoms with Gasteiger partial charge in [-0.25, -0.2) is 9.97 Å². The smallest absolute Gasteiger partial charge is 0.271 e. The normalized spacial score (nSPS) is 16.2. The van der Waals surface area contributed by atoms with Crippen molar-refractivity contribution in [3.05, 3.63) is 62.3 Å². The number of allylic oxidation sites excluding steroid dienone is 1. The minimum atomic E-state index is -0.613. The summed E-state index contributed by atoms with van der Waals surface area (Å²) in [6.07, 6.45) is 1.55. The molecule has 3 aromatic rings. The minimum absolute atomic E-state index is 0.0393. The van der Waals surface area contributed by atoms with E-state index in [-0.39, 0.29) is 40.0 Å². The number of halogens is 1. The van der Waals surface area contributed by atoms with E-state index < -0.39 is 12.1 Å². The molecule has 2 aromatic heterocycles. The number of amidine groups is 1. The van der Waals surface area contributed by atoms with Crippen LogP contribution in [0.4, 0.5) is 16.5 Å². The Kier molecular flexibility index (Phi) is 8.92. The third-order valence-electron chi connectivity index (χ3n) is 6.53. The van der Waals surface area contributed by atoms with Crippen LogP contribution in [0, 0.1) is 6.92 Å². The fourth-order valence-electron chi connectivity index (χ4n) is 4.60. The van der Waals surface area contributed by atoms with Crippen molar-refractivity contribution in [1.29, 1.82) is 0 Å². The molecule has 0 fully saturated rings. The van der Waals surface area contributed by atoms with Gasteiger partial charge in [0.1, 0.15) is 40.0 Å². The second kappa shape index (κ2) is 12.2. The molecule has 1 aliphatic rings. The molecular formula is C27H32ClN7O4S. The highest BCUT2D eigenvalue weighted by Crippen LogP contribution is 2.37. The van der Waals surface area contributed by atoms with Gasteiger partial charge in [0.2, 0.25) is 0 Å². The lowest BCUT2D eigenvalue weighted by molar-refractivity contribution is 0.0780. The van der Waals surface area contributed by atoms with Gasteiger partial charge in [0, 0.05) is 36.2 Å². The molecule has 4 rings (SSSR count). The number of fused-ring (bicyclic) bond motifs is 1. The van der Waals surface area contributed by atoms with Crippen LogP contribution in [0.3, 0.4) is 0 Å². The quantitative estimate of drug-likeness (QED) is 0.160. The lowest BCUT2D eigenvalue weighted by Crippen LogP contribution is -2.39. The van der Waals surface area contributed by atoms with Gasteiger partial charge in [0.15, 0.2) is 0 Å². The molecule has 1 aromatic carbocycles. The van der Waals surface area contributed by atoms with Crippen LogP contribution < -0.4 is 21.5 Å². The summed E-state index contributed by atoms with van der Waals surface area (Å²) in [5, 5.41) is 14.3. The number of carbonyl (C=O) groups excluding carboxylic acids is 1. The number of phenols is 1. The first-order valence-electron chi connectivity index (χ1n) is 12.8. The fraction of sp³-hybridized carbons (Fsp3) is 0.370. The molecule has 2 atom stereocenters. The van der Waals surface area contributed by atoms with Crippen LogP contribution in [0.5, 0.6) is 5.75 Å². The highest BCUT2D eigenvalue weighted by Gasteiger charge is 2.38. The molecule has 5 N–H and O–H groups in total. The number of aromatic amines is 1. The molecule has 0 aliphatic carbocycles. The number of rotatable bonds is 9. The SMILES string of the molecule is CCCC(C)N=C(N)c1c(Nc2ccc(C(=O)N3c4nc(C)nc(C(C)=CCl)c4CC3OC)cc2O)s[nH]c1=O. The molecule has 0 spiro atoms. The average Bonchev–Trinajstić information content (AvgIpc) is 3.48. The molecule has 40 heavy (non-hydrogen) atoms. The average molecular weight is 586 g/mol. The Morgan fingerprint density at radius 3 is 2.85 bits per heavy atom. The number of aryl methyl sites for hydroxylation is 1. The van der Waals surface area contributed by atoms with E-state index in [9.17, 15) is 14.7 Å². The summed E-state index contributed by atoms with van der Waals surface area (Å²) in [6.45, 7) is 7.56. The van der Waals surface area contributed by atoms with E-state index in [2.05, 4.69) is 24.7 Å². The van der Waals surface area contributed by atoms with E-state index in [1.807, 2.05) is 20.8 Å². The van der Waals surface area contributed by atoms with Crippen molar-refractivity contribution >= 4 is 57.0 Å². The molecule has 13 heteroatoms. The minimum Gasteiger partial charge on any atom is -0.506 e. The predicted octanol–water partition coefficient (Wildman–Crippen LogP) is 4.65. The van der Waals surface area contributed by atoms with Crippen molar-refractivity contribution in [3.63, 3.8) is 0 Å². The van der Waals surface area contributed by atoms with Crippen LogP contribution in [0.15, 0.2) is 33.5 Å². The van der Waals surface area contributed by atoms with E-state index in [4.69, 9.17) is 22.1 Å². The number of phenolic OH excluding ortho intramolecular Hbond substituents is 1. The van der Waals surface area contributed by atoms with Crippen molar-refractivity contribution in [2.45, 2.75) is 59.2 Å². The lowest BCUT2D eigenvalue weighted by Gasteiger charge is -2.24. The number of nitrogens with zero attached hydrogens (tertiary/aromatic N) is 4. The third kappa shape index (κ3) is 5.74. The molecule has 2 unspecified atom stereocenters. The molecule has 1 amide bonds. The number of benzene rings is 1. The zero-order chi connectivity index (χ0) is 29.1. The van der Waals surface area contributed by atoms with Crippen molar-refractivity contribution in [2.75, 3.05) is 17.3 Å². The van der Waals surface area contributed by atoms with Gasteiger partial charge in [-0.15, -0.1) is 0 Å². The number of aromatic nitrogens is 3. The molecule has 212 valence electrons. The summed E-state index contributed by atoms with van der Waals surface area (Å²) in [6, 6.07) is 4.44. The van der Waals surface area contributed by atoms with Gasteiger partial charge < -0.3 is 20.9 Å². The first-order chi connectivity index (χ1) is 19.1. The largest absolute Gasteiger partial charge is 0.506 e. The summed E-state index contributed by atoms with van der Waals surface area (Å²) < 4.78 is 8.28. The zero-order valence-corrected chi connectivity index (χ0v) is 24.5. The number of nitrogens with one attached hydrogen (secondary N) is 2. The standard InChI is InChI=1S/C27H32ClN7O4S/c1-6-7-14(3)30-23(29)21-25(37)34-40-26(21)33-18-9-8-16(10-19(18)36)27(38)35-20(39-5)11-17-22(13(2)12-28)31-15(4)32-24(17)35/h8-10,12,14,20,33,36H,6-7,11H2,1-5H3,(H2,29,30)(H,34,37). The fourth-order valence-corrected chi connectivity index (χ4v) is 5.46. The Bertz CT molecular complexity index is 1550. The van der Waals surface area contributed by atoms with Crippen LogP contribution >= 0.6 is 23.1 Å². The molecular weight excluding hydrogens is 554 g/mol. The maximum Gasteiger partial charge on any atom is 0.271 e. The lowest BCUT2D eigenvalue weighted by atomic mass is 10.1. The van der Waals surface area contributed by atoms with Crippen molar-refractivity contribution in [3.8, 4) is 5.75 Å². The number of aliphatic imine (C=N–C) groups is 1. The third-order valence-corrected chi connectivity index (χ3v) is 7.66. The number of amides is 1. The number of H-pyrrole nitrogens is 1. The van der Waals surface area contributed by atoms with Gasteiger partial charge in [-0.1, -0.05) is 24.9 Å². The monoisotopic (exact) mass is 585 g/mol. The maximum atomic E-state index is 13.7. The highest BCUT2D eigenvalue weighted by atomic mass is 35.5. The van der Waals surface area contributed by atoms with Crippen LogP contribution in [0.25, 0.3) is 5.57 Å². The van der Waals surface area contributed by atoms with Crippen LogP contribution in [0.1, 0.15) is 66.6 Å².